The lowest BCUT2D eigenvalue weighted by molar-refractivity contribution is -0.131. The average molecular weight is 284 g/mol. The van der Waals surface area contributed by atoms with Gasteiger partial charge in [0.1, 0.15) is 0 Å². The van der Waals surface area contributed by atoms with Gasteiger partial charge in [-0.15, -0.1) is 0 Å². The van der Waals surface area contributed by atoms with Gasteiger partial charge in [-0.1, -0.05) is 19.3 Å². The highest BCUT2D eigenvalue weighted by atomic mass is 16.3. The number of hydrogen-bond acceptors (Lipinski definition) is 3. The number of aliphatic hydroxyl groups excluding tert-OH is 1. The molecule has 0 aromatic rings. The molecule has 1 fully saturated rings. The Kier molecular flexibility index (Phi) is 8.86. The highest BCUT2D eigenvalue weighted by Crippen LogP contribution is 2.22. The zero-order valence-corrected chi connectivity index (χ0v) is 13.3. The summed E-state index contributed by atoms with van der Waals surface area (Å²) in [5, 5.41) is 9.22. The van der Waals surface area contributed by atoms with E-state index >= 15 is 0 Å². The molecule has 1 N–H and O–H groups in total. The largest absolute Gasteiger partial charge is 0.395 e. The third kappa shape index (κ3) is 5.80. The Morgan fingerprint density at radius 3 is 2.30 bits per heavy atom. The molecule has 1 aliphatic rings. The summed E-state index contributed by atoms with van der Waals surface area (Å²) in [7, 11) is 0. The van der Waals surface area contributed by atoms with E-state index in [1.165, 1.54) is 32.1 Å². The second-order valence-corrected chi connectivity index (χ2v) is 5.72. The zero-order valence-electron chi connectivity index (χ0n) is 13.3. The number of amides is 1. The van der Waals surface area contributed by atoms with Gasteiger partial charge in [-0.3, -0.25) is 9.69 Å². The van der Waals surface area contributed by atoms with Gasteiger partial charge >= 0.3 is 0 Å². The van der Waals surface area contributed by atoms with Crippen LogP contribution < -0.4 is 0 Å². The van der Waals surface area contributed by atoms with Crippen molar-refractivity contribution in [1.29, 1.82) is 0 Å². The van der Waals surface area contributed by atoms with Gasteiger partial charge in [-0.25, -0.2) is 0 Å². The normalized spacial score (nSPS) is 16.6. The van der Waals surface area contributed by atoms with E-state index in [0.29, 0.717) is 12.5 Å². The monoisotopic (exact) mass is 284 g/mol. The van der Waals surface area contributed by atoms with Crippen molar-refractivity contribution in [2.24, 2.45) is 0 Å². The molecule has 118 valence electrons. The summed E-state index contributed by atoms with van der Waals surface area (Å²) in [5.74, 6) is 0.266. The van der Waals surface area contributed by atoms with E-state index in [-0.39, 0.29) is 12.5 Å². The smallest absolute Gasteiger partial charge is 0.222 e. The van der Waals surface area contributed by atoms with Crippen LogP contribution in [0.3, 0.4) is 0 Å². The van der Waals surface area contributed by atoms with Crippen molar-refractivity contribution in [2.45, 2.75) is 64.8 Å². The fourth-order valence-electron chi connectivity index (χ4n) is 3.22. The molecule has 1 amide bonds. The first-order chi connectivity index (χ1) is 9.72. The summed E-state index contributed by atoms with van der Waals surface area (Å²) in [5.41, 5.74) is 0. The molecule has 0 saturated heterocycles. The minimum atomic E-state index is 0.223. The van der Waals surface area contributed by atoms with Crippen molar-refractivity contribution in [3.63, 3.8) is 0 Å². The van der Waals surface area contributed by atoms with E-state index in [4.69, 9.17) is 0 Å². The van der Waals surface area contributed by atoms with Gasteiger partial charge in [-0.2, -0.15) is 0 Å². The van der Waals surface area contributed by atoms with Gasteiger partial charge in [0, 0.05) is 32.1 Å². The third-order valence-electron chi connectivity index (χ3n) is 4.43. The van der Waals surface area contributed by atoms with E-state index < -0.39 is 0 Å². The van der Waals surface area contributed by atoms with Gasteiger partial charge in [0.15, 0.2) is 0 Å². The Balaban J connectivity index is 2.33. The number of carbonyl (C=O) groups is 1. The highest BCUT2D eigenvalue weighted by molar-refractivity contribution is 5.76. The van der Waals surface area contributed by atoms with E-state index in [1.807, 2.05) is 18.7 Å². The first kappa shape index (κ1) is 17.4. The van der Waals surface area contributed by atoms with Gasteiger partial charge < -0.3 is 10.0 Å². The highest BCUT2D eigenvalue weighted by Gasteiger charge is 2.20. The summed E-state index contributed by atoms with van der Waals surface area (Å²) >= 11 is 0. The van der Waals surface area contributed by atoms with Crippen LogP contribution in [0.5, 0.6) is 0 Å². The summed E-state index contributed by atoms with van der Waals surface area (Å²) in [6.45, 7) is 7.59. The van der Waals surface area contributed by atoms with Gasteiger partial charge in [0.2, 0.25) is 5.91 Å². The maximum absolute atomic E-state index is 12.0. The maximum Gasteiger partial charge on any atom is 0.222 e. The van der Waals surface area contributed by atoms with Crippen molar-refractivity contribution in [2.75, 3.05) is 32.8 Å². The molecule has 0 aromatic heterocycles. The van der Waals surface area contributed by atoms with Gasteiger partial charge in [0.25, 0.3) is 0 Å². The lowest BCUT2D eigenvalue weighted by atomic mass is 9.94. The molecule has 4 heteroatoms. The van der Waals surface area contributed by atoms with Crippen LogP contribution in [-0.4, -0.2) is 59.6 Å². The molecule has 1 rings (SSSR count). The van der Waals surface area contributed by atoms with E-state index in [1.54, 1.807) is 0 Å². The van der Waals surface area contributed by atoms with E-state index in [0.717, 1.165) is 32.6 Å². The molecule has 1 saturated carbocycles. The molecule has 0 aliphatic heterocycles. The number of nitrogens with zero attached hydrogens (tertiary/aromatic N) is 2. The molecular formula is C16H32N2O2. The van der Waals surface area contributed by atoms with Crippen molar-refractivity contribution < 1.29 is 9.90 Å². The molecule has 20 heavy (non-hydrogen) atoms. The molecule has 0 atom stereocenters. The van der Waals surface area contributed by atoms with Crippen molar-refractivity contribution >= 4 is 5.91 Å². The second-order valence-electron chi connectivity index (χ2n) is 5.72. The summed E-state index contributed by atoms with van der Waals surface area (Å²) in [6, 6.07) is 0.624. The molecule has 4 nitrogen and oxygen atoms in total. The predicted molar refractivity (Wildman–Crippen MR) is 82.7 cm³/mol. The fourth-order valence-corrected chi connectivity index (χ4v) is 3.22. The van der Waals surface area contributed by atoms with Crippen molar-refractivity contribution in [1.82, 2.24) is 9.80 Å². The lowest BCUT2D eigenvalue weighted by Crippen LogP contribution is -2.40. The molecule has 0 radical (unpaired) electrons. The number of aliphatic hydroxyl groups is 1. The van der Waals surface area contributed by atoms with Gasteiger partial charge in [-0.05, 0) is 39.7 Å². The Labute approximate surface area is 124 Å². The average Bonchev–Trinajstić information content (AvgIpc) is 2.48. The summed E-state index contributed by atoms with van der Waals surface area (Å²) < 4.78 is 0. The molecule has 0 bridgehead atoms. The van der Waals surface area contributed by atoms with Crippen LogP contribution in [0.15, 0.2) is 0 Å². The molecular weight excluding hydrogens is 252 g/mol. The topological polar surface area (TPSA) is 43.8 Å². The van der Waals surface area contributed by atoms with Crippen LogP contribution in [0.2, 0.25) is 0 Å². The summed E-state index contributed by atoms with van der Waals surface area (Å²) in [6.07, 6.45) is 8.02. The molecule has 0 aromatic carbocycles. The number of hydrogen-bond donors (Lipinski definition) is 1. The van der Waals surface area contributed by atoms with Crippen molar-refractivity contribution in [3.8, 4) is 0 Å². The fraction of sp³-hybridized carbons (Fsp3) is 0.938. The first-order valence-corrected chi connectivity index (χ1v) is 8.35. The van der Waals surface area contributed by atoms with Crippen LogP contribution in [0, 0.1) is 0 Å². The van der Waals surface area contributed by atoms with E-state index in [2.05, 4.69) is 4.90 Å². The SMILES string of the molecule is CCN(CC)C(=O)CCCN(CCO)C1CCCCC1. The Morgan fingerprint density at radius 2 is 1.75 bits per heavy atom. The molecule has 0 unspecified atom stereocenters. The van der Waals surface area contributed by atoms with Crippen LogP contribution >= 0.6 is 0 Å². The Hall–Kier alpha value is -0.610. The molecule has 0 heterocycles. The zero-order chi connectivity index (χ0) is 14.8. The quantitative estimate of drug-likeness (QED) is 0.706. The standard InChI is InChI=1S/C16H32N2O2/c1-3-17(4-2)16(20)11-8-12-18(13-14-19)15-9-6-5-7-10-15/h15,19H,3-14H2,1-2H3. The predicted octanol–water partition coefficient (Wildman–Crippen LogP) is 2.26. The van der Waals surface area contributed by atoms with Crippen LogP contribution in [0.4, 0.5) is 0 Å². The van der Waals surface area contributed by atoms with Crippen LogP contribution in [-0.2, 0) is 4.79 Å². The number of rotatable bonds is 9. The second kappa shape index (κ2) is 10.2. The maximum atomic E-state index is 12.0. The minimum absolute atomic E-state index is 0.223. The number of carbonyl (C=O) groups excluding carboxylic acids is 1. The first-order valence-electron chi connectivity index (χ1n) is 8.35. The van der Waals surface area contributed by atoms with Crippen molar-refractivity contribution in [3.05, 3.63) is 0 Å². The van der Waals surface area contributed by atoms with E-state index in [9.17, 15) is 9.90 Å². The Morgan fingerprint density at radius 1 is 1.10 bits per heavy atom. The molecule has 1 aliphatic carbocycles. The third-order valence-corrected chi connectivity index (χ3v) is 4.43. The van der Waals surface area contributed by atoms with Crippen LogP contribution in [0.1, 0.15) is 58.8 Å². The lowest BCUT2D eigenvalue weighted by Gasteiger charge is -2.34. The Bertz CT molecular complexity index is 261. The minimum Gasteiger partial charge on any atom is -0.395 e. The van der Waals surface area contributed by atoms with Gasteiger partial charge in [0.05, 0.1) is 6.61 Å². The summed E-state index contributed by atoms with van der Waals surface area (Å²) in [4.78, 5) is 16.3. The van der Waals surface area contributed by atoms with Crippen LogP contribution in [0.25, 0.3) is 0 Å². The molecule has 0 spiro atoms.